The van der Waals surface area contributed by atoms with Gasteiger partial charge in [0.15, 0.2) is 0 Å². The van der Waals surface area contributed by atoms with Crippen LogP contribution < -0.4 is 10.1 Å². The molecule has 1 aliphatic heterocycles. The molecule has 1 aliphatic rings. The summed E-state index contributed by atoms with van der Waals surface area (Å²) in [4.78, 5) is 16.4. The van der Waals surface area contributed by atoms with Crippen LogP contribution in [-0.2, 0) is 17.8 Å². The second-order valence-electron chi connectivity index (χ2n) is 11.0. The molecule has 2 N–H and O–H groups in total. The molecule has 0 bridgehead atoms. The number of aryl methyl sites for hydroxylation is 2. The molecule has 0 saturated heterocycles. The van der Waals surface area contributed by atoms with Gasteiger partial charge in [-0.05, 0) is 121 Å². The maximum atomic E-state index is 12.3. The summed E-state index contributed by atoms with van der Waals surface area (Å²) in [5.41, 5.74) is 6.49. The minimum atomic E-state index is -0.163. The van der Waals surface area contributed by atoms with E-state index < -0.39 is 0 Å². The zero-order chi connectivity index (χ0) is 27.5. The Labute approximate surface area is 228 Å². The van der Waals surface area contributed by atoms with Crippen LogP contribution in [0, 0.1) is 6.92 Å². The number of phenols is 1. The van der Waals surface area contributed by atoms with Gasteiger partial charge in [-0.25, -0.2) is 0 Å². The molecular formula is C33H44N2O3. The van der Waals surface area contributed by atoms with Crippen LogP contribution in [0.3, 0.4) is 0 Å². The summed E-state index contributed by atoms with van der Waals surface area (Å²) in [5, 5.41) is 12.8. The average molecular weight is 517 g/mol. The molecule has 204 valence electrons. The molecule has 5 nitrogen and oxygen atoms in total. The van der Waals surface area contributed by atoms with Crippen molar-refractivity contribution in [1.82, 2.24) is 10.3 Å². The molecule has 0 aliphatic carbocycles. The van der Waals surface area contributed by atoms with Crippen LogP contribution in [0.25, 0.3) is 0 Å². The van der Waals surface area contributed by atoms with Gasteiger partial charge in [-0.1, -0.05) is 35.4 Å². The zero-order valence-electron chi connectivity index (χ0n) is 23.8. The first-order valence-electron chi connectivity index (χ1n) is 13.8. The van der Waals surface area contributed by atoms with Crippen molar-refractivity contribution in [3.8, 4) is 11.5 Å². The van der Waals surface area contributed by atoms with Gasteiger partial charge in [-0.2, -0.15) is 0 Å². The third kappa shape index (κ3) is 9.20. The van der Waals surface area contributed by atoms with E-state index in [2.05, 4.69) is 43.2 Å². The smallest absolute Gasteiger partial charge is 0.246 e. The Balaban J connectivity index is 1.35. The third-order valence-corrected chi connectivity index (χ3v) is 7.33. The minimum absolute atomic E-state index is 0.0256. The maximum Gasteiger partial charge on any atom is 0.246 e. The number of fused-ring (bicyclic) bond motifs is 1. The van der Waals surface area contributed by atoms with Crippen LogP contribution in [0.5, 0.6) is 11.5 Å². The Morgan fingerprint density at radius 2 is 1.82 bits per heavy atom. The predicted molar refractivity (Wildman–Crippen MR) is 155 cm³/mol. The first kappa shape index (κ1) is 29.2. The highest BCUT2D eigenvalue weighted by Crippen LogP contribution is 2.39. The van der Waals surface area contributed by atoms with Gasteiger partial charge in [0, 0.05) is 24.5 Å². The number of aromatic hydroxyl groups is 1. The summed E-state index contributed by atoms with van der Waals surface area (Å²) in [6.07, 6.45) is 18.0. The maximum absolute atomic E-state index is 12.3. The highest BCUT2D eigenvalue weighted by Gasteiger charge is 2.32. The van der Waals surface area contributed by atoms with E-state index >= 15 is 0 Å². The van der Waals surface area contributed by atoms with Crippen molar-refractivity contribution in [1.29, 1.82) is 0 Å². The van der Waals surface area contributed by atoms with E-state index in [-0.39, 0.29) is 11.5 Å². The lowest BCUT2D eigenvalue weighted by Gasteiger charge is -2.36. The van der Waals surface area contributed by atoms with Gasteiger partial charge in [-0.3, -0.25) is 9.78 Å². The molecule has 1 atom stereocenters. The van der Waals surface area contributed by atoms with Crippen LogP contribution in [0.4, 0.5) is 0 Å². The van der Waals surface area contributed by atoms with Gasteiger partial charge in [0.05, 0.1) is 0 Å². The first-order valence-corrected chi connectivity index (χ1v) is 13.8. The number of hydrogen-bond donors (Lipinski definition) is 2. The first-order chi connectivity index (χ1) is 18.1. The number of carbonyl (C=O) groups is 1. The van der Waals surface area contributed by atoms with Crippen LogP contribution in [-0.4, -0.2) is 21.6 Å². The van der Waals surface area contributed by atoms with E-state index in [1.807, 2.05) is 38.1 Å². The monoisotopic (exact) mass is 516 g/mol. The van der Waals surface area contributed by atoms with Crippen molar-refractivity contribution < 1.29 is 14.6 Å². The lowest BCUT2D eigenvalue weighted by molar-refractivity contribution is -0.117. The van der Waals surface area contributed by atoms with Crippen LogP contribution in [0.1, 0.15) is 89.3 Å². The fraction of sp³-hybridized carbons (Fsp3) is 0.455. The summed E-state index contributed by atoms with van der Waals surface area (Å²) in [7, 11) is 0. The lowest BCUT2D eigenvalue weighted by Crippen LogP contribution is -2.36. The number of aromatic nitrogens is 1. The van der Waals surface area contributed by atoms with Gasteiger partial charge in [0.1, 0.15) is 17.1 Å². The summed E-state index contributed by atoms with van der Waals surface area (Å²) in [6, 6.07) is 7.44. The van der Waals surface area contributed by atoms with Crippen molar-refractivity contribution in [2.75, 3.05) is 0 Å². The Hall–Kier alpha value is -3.34. The number of ether oxygens (including phenoxy) is 1. The molecule has 0 spiro atoms. The van der Waals surface area contributed by atoms with Crippen LogP contribution in [0.2, 0.25) is 0 Å². The number of carbonyl (C=O) groups excluding carboxylic acids is 1. The largest absolute Gasteiger partial charge is 0.508 e. The minimum Gasteiger partial charge on any atom is -0.508 e. The Kier molecular flexibility index (Phi) is 10.8. The Morgan fingerprint density at radius 1 is 1.11 bits per heavy atom. The van der Waals surface area contributed by atoms with E-state index in [0.717, 1.165) is 79.4 Å². The van der Waals surface area contributed by atoms with E-state index in [1.54, 1.807) is 18.5 Å². The van der Waals surface area contributed by atoms with Crippen LogP contribution in [0.15, 0.2) is 71.6 Å². The summed E-state index contributed by atoms with van der Waals surface area (Å²) in [5.74, 6) is 1.25. The highest BCUT2D eigenvalue weighted by atomic mass is 16.5. The fourth-order valence-electron chi connectivity index (χ4n) is 4.84. The standard InChI is InChI=1S/C33H44N2O3/c1-24(12-7-14-26(3)32(37)35-23-28-15-9-19-34-22-28)10-6-11-25(2)13-8-17-33(5)18-16-29-21-30(36)20-27(4)31(29)38-33/h9-10,13-15,19-22,36H,6-8,11-12,16-18,23H2,1-5H3,(H,35,37)/b24-10+,25-13+,26-14+. The Morgan fingerprint density at radius 3 is 2.53 bits per heavy atom. The van der Waals surface area contributed by atoms with E-state index in [0.29, 0.717) is 12.3 Å². The van der Waals surface area contributed by atoms with Crippen molar-refractivity contribution in [2.45, 2.75) is 98.1 Å². The van der Waals surface area contributed by atoms with Crippen LogP contribution >= 0.6 is 0 Å². The summed E-state index contributed by atoms with van der Waals surface area (Å²) in [6.45, 7) is 11.0. The molecule has 0 fully saturated rings. The molecule has 38 heavy (non-hydrogen) atoms. The van der Waals surface area contributed by atoms with Gasteiger partial charge < -0.3 is 15.2 Å². The lowest BCUT2D eigenvalue weighted by atomic mass is 9.87. The number of nitrogens with one attached hydrogen (secondary N) is 1. The molecule has 1 aromatic carbocycles. The number of allylic oxidation sites excluding steroid dienone is 5. The molecule has 1 unspecified atom stereocenters. The normalized spacial score (nSPS) is 18.1. The molecule has 5 heteroatoms. The molecule has 1 amide bonds. The molecule has 3 rings (SSSR count). The number of rotatable bonds is 12. The number of phenolic OH excluding ortho intramolecular Hbond substituents is 1. The fourth-order valence-corrected chi connectivity index (χ4v) is 4.84. The molecule has 2 heterocycles. The number of benzene rings is 1. The molecule has 1 aromatic heterocycles. The second-order valence-corrected chi connectivity index (χ2v) is 11.0. The van der Waals surface area contributed by atoms with Gasteiger partial charge in [0.25, 0.3) is 0 Å². The van der Waals surface area contributed by atoms with Crippen molar-refractivity contribution in [3.05, 3.63) is 88.3 Å². The number of amides is 1. The van der Waals surface area contributed by atoms with Gasteiger partial charge in [0.2, 0.25) is 5.91 Å². The van der Waals surface area contributed by atoms with Gasteiger partial charge >= 0.3 is 0 Å². The zero-order valence-corrected chi connectivity index (χ0v) is 23.8. The third-order valence-electron chi connectivity index (χ3n) is 7.33. The molecule has 2 aromatic rings. The van der Waals surface area contributed by atoms with Crippen molar-refractivity contribution >= 4 is 5.91 Å². The average Bonchev–Trinajstić information content (AvgIpc) is 2.88. The SMILES string of the molecule is C/C(=C\CC/C(C)=C/CCC1(C)CCc2cc(O)cc(C)c2O1)CC/C=C(\C)C(=O)NCc1cccnc1. The van der Waals surface area contributed by atoms with E-state index in [1.165, 1.54) is 11.1 Å². The number of pyridine rings is 1. The molecule has 0 saturated carbocycles. The quantitative estimate of drug-likeness (QED) is 0.224. The second kappa shape index (κ2) is 14.0. The summed E-state index contributed by atoms with van der Waals surface area (Å²) >= 11 is 0. The number of hydrogen-bond acceptors (Lipinski definition) is 4. The topological polar surface area (TPSA) is 71.5 Å². The van der Waals surface area contributed by atoms with E-state index in [4.69, 9.17) is 4.74 Å². The molecule has 0 radical (unpaired) electrons. The van der Waals surface area contributed by atoms with Crippen molar-refractivity contribution in [3.63, 3.8) is 0 Å². The summed E-state index contributed by atoms with van der Waals surface area (Å²) < 4.78 is 6.42. The van der Waals surface area contributed by atoms with Crippen molar-refractivity contribution in [2.24, 2.45) is 0 Å². The highest BCUT2D eigenvalue weighted by molar-refractivity contribution is 5.92. The number of nitrogens with zero attached hydrogens (tertiary/aromatic N) is 1. The van der Waals surface area contributed by atoms with E-state index in [9.17, 15) is 9.90 Å². The predicted octanol–water partition coefficient (Wildman–Crippen LogP) is 7.68. The Bertz CT molecular complexity index is 1180. The van der Waals surface area contributed by atoms with Gasteiger partial charge in [-0.15, -0.1) is 0 Å². The molecular weight excluding hydrogens is 472 g/mol.